The Bertz CT molecular complexity index is 276. The van der Waals surface area contributed by atoms with Crippen LogP contribution in [0.25, 0.3) is 0 Å². The van der Waals surface area contributed by atoms with Crippen LogP contribution in [0.4, 0.5) is 4.79 Å². The Morgan fingerprint density at radius 3 is 2.71 bits per heavy atom. The molecule has 0 unspecified atom stereocenters. The fraction of sp³-hybridized carbons (Fsp3) is 0.375. The molecule has 6 nitrogen and oxygen atoms in total. The van der Waals surface area contributed by atoms with Crippen LogP contribution in [-0.2, 0) is 6.54 Å². The Hall–Kier alpha value is -1.69. The zero-order chi connectivity index (χ0) is 10.2. The maximum Gasteiger partial charge on any atom is 0.312 e. The second-order valence-electron chi connectivity index (χ2n) is 2.71. The molecule has 0 spiro atoms. The summed E-state index contributed by atoms with van der Waals surface area (Å²) in [5.41, 5.74) is 5.89. The van der Waals surface area contributed by atoms with E-state index in [0.717, 1.165) is 5.56 Å². The number of hydrogen-bond donors (Lipinski definition) is 3. The summed E-state index contributed by atoms with van der Waals surface area (Å²) in [6.07, 6.45) is 4.96. The highest BCUT2D eigenvalue weighted by molar-refractivity contribution is 5.71. The molecule has 1 rings (SSSR count). The highest BCUT2D eigenvalue weighted by atomic mass is 16.2. The van der Waals surface area contributed by atoms with E-state index < -0.39 is 6.03 Å². The van der Waals surface area contributed by atoms with Crippen molar-refractivity contribution < 1.29 is 4.79 Å². The van der Waals surface area contributed by atoms with Crippen LogP contribution in [0.1, 0.15) is 5.56 Å². The van der Waals surface area contributed by atoms with E-state index in [2.05, 4.69) is 20.6 Å². The second-order valence-corrected chi connectivity index (χ2v) is 2.71. The van der Waals surface area contributed by atoms with Crippen LogP contribution in [0.15, 0.2) is 18.7 Å². The Balaban J connectivity index is 2.08. The standard InChI is InChI=1S/C8H13N5O/c9-8(14)13-2-1-10-3-7-4-11-6-12-5-7/h4-6,10H,1-3H2,(H3,9,13,14). The van der Waals surface area contributed by atoms with Gasteiger partial charge in [-0.1, -0.05) is 0 Å². The summed E-state index contributed by atoms with van der Waals surface area (Å²) in [4.78, 5) is 18.0. The van der Waals surface area contributed by atoms with E-state index in [4.69, 9.17) is 5.73 Å². The van der Waals surface area contributed by atoms with Crippen LogP contribution < -0.4 is 16.4 Å². The monoisotopic (exact) mass is 195 g/mol. The molecule has 4 N–H and O–H groups in total. The van der Waals surface area contributed by atoms with Crippen LogP contribution in [0.5, 0.6) is 0 Å². The third-order valence-electron chi connectivity index (χ3n) is 1.54. The SMILES string of the molecule is NC(=O)NCCNCc1cncnc1. The first-order valence-corrected chi connectivity index (χ1v) is 4.27. The van der Waals surface area contributed by atoms with Gasteiger partial charge in [-0.15, -0.1) is 0 Å². The first-order valence-electron chi connectivity index (χ1n) is 4.27. The number of hydrogen-bond acceptors (Lipinski definition) is 4. The molecular formula is C8H13N5O. The number of urea groups is 1. The summed E-state index contributed by atoms with van der Waals surface area (Å²) < 4.78 is 0. The largest absolute Gasteiger partial charge is 0.352 e. The highest BCUT2D eigenvalue weighted by Crippen LogP contribution is 1.90. The number of aromatic nitrogens is 2. The molecule has 0 saturated carbocycles. The Morgan fingerprint density at radius 1 is 1.36 bits per heavy atom. The summed E-state index contributed by atoms with van der Waals surface area (Å²) in [6.45, 7) is 1.86. The molecule has 76 valence electrons. The summed E-state index contributed by atoms with van der Waals surface area (Å²) >= 11 is 0. The van der Waals surface area contributed by atoms with Gasteiger partial charge in [0.1, 0.15) is 6.33 Å². The third-order valence-corrected chi connectivity index (χ3v) is 1.54. The zero-order valence-electron chi connectivity index (χ0n) is 7.73. The normalized spacial score (nSPS) is 9.71. The van der Waals surface area contributed by atoms with Crippen molar-refractivity contribution in [2.75, 3.05) is 13.1 Å². The van der Waals surface area contributed by atoms with Gasteiger partial charge in [0.15, 0.2) is 0 Å². The number of carbonyl (C=O) groups is 1. The van der Waals surface area contributed by atoms with Crippen LogP contribution in [-0.4, -0.2) is 29.1 Å². The van der Waals surface area contributed by atoms with E-state index in [9.17, 15) is 4.79 Å². The molecule has 0 atom stereocenters. The molecule has 0 aromatic carbocycles. The van der Waals surface area contributed by atoms with Gasteiger partial charge in [-0.05, 0) is 0 Å². The van der Waals surface area contributed by atoms with Gasteiger partial charge in [-0.25, -0.2) is 14.8 Å². The molecule has 0 bridgehead atoms. The van der Waals surface area contributed by atoms with E-state index in [1.165, 1.54) is 6.33 Å². The molecule has 0 aliphatic carbocycles. The number of nitrogens with two attached hydrogens (primary N) is 1. The summed E-state index contributed by atoms with van der Waals surface area (Å²) in [6, 6.07) is -0.505. The Labute approximate surface area is 81.9 Å². The lowest BCUT2D eigenvalue weighted by Crippen LogP contribution is -2.35. The number of nitrogens with one attached hydrogen (secondary N) is 2. The van der Waals surface area contributed by atoms with Crippen molar-refractivity contribution in [1.29, 1.82) is 0 Å². The lowest BCUT2D eigenvalue weighted by atomic mass is 10.3. The number of carbonyl (C=O) groups excluding carboxylic acids is 1. The molecule has 1 heterocycles. The minimum absolute atomic E-state index is 0.505. The molecule has 2 amide bonds. The molecule has 0 fully saturated rings. The molecule has 6 heteroatoms. The van der Waals surface area contributed by atoms with Gasteiger partial charge in [0.05, 0.1) is 0 Å². The Morgan fingerprint density at radius 2 is 2.07 bits per heavy atom. The lowest BCUT2D eigenvalue weighted by molar-refractivity contribution is 0.249. The predicted octanol–water partition coefficient (Wildman–Crippen LogP) is -0.766. The summed E-state index contributed by atoms with van der Waals surface area (Å²) in [5.74, 6) is 0. The fourth-order valence-corrected chi connectivity index (χ4v) is 0.928. The Kier molecular flexibility index (Phi) is 4.36. The minimum atomic E-state index is -0.505. The van der Waals surface area contributed by atoms with E-state index >= 15 is 0 Å². The fourth-order valence-electron chi connectivity index (χ4n) is 0.928. The van der Waals surface area contributed by atoms with Crippen molar-refractivity contribution in [1.82, 2.24) is 20.6 Å². The van der Waals surface area contributed by atoms with Gasteiger partial charge in [0, 0.05) is 37.6 Å². The van der Waals surface area contributed by atoms with Gasteiger partial charge < -0.3 is 16.4 Å². The second kappa shape index (κ2) is 5.87. The van der Waals surface area contributed by atoms with Crippen molar-refractivity contribution >= 4 is 6.03 Å². The van der Waals surface area contributed by atoms with Crippen LogP contribution in [0, 0.1) is 0 Å². The van der Waals surface area contributed by atoms with Gasteiger partial charge in [0.25, 0.3) is 0 Å². The first-order chi connectivity index (χ1) is 6.79. The average Bonchev–Trinajstić information content (AvgIpc) is 2.18. The maximum atomic E-state index is 10.3. The van der Waals surface area contributed by atoms with E-state index in [-0.39, 0.29) is 0 Å². The average molecular weight is 195 g/mol. The summed E-state index contributed by atoms with van der Waals surface area (Å²) in [7, 11) is 0. The predicted molar refractivity (Wildman–Crippen MR) is 51.3 cm³/mol. The van der Waals surface area contributed by atoms with Crippen molar-refractivity contribution in [3.8, 4) is 0 Å². The van der Waals surface area contributed by atoms with Gasteiger partial charge in [-0.3, -0.25) is 0 Å². The molecule has 0 radical (unpaired) electrons. The molecule has 1 aromatic rings. The molecule has 0 aliphatic rings. The van der Waals surface area contributed by atoms with Gasteiger partial charge in [0.2, 0.25) is 0 Å². The van der Waals surface area contributed by atoms with E-state index in [1.54, 1.807) is 12.4 Å². The first kappa shape index (κ1) is 10.4. The van der Waals surface area contributed by atoms with Gasteiger partial charge in [-0.2, -0.15) is 0 Å². The minimum Gasteiger partial charge on any atom is -0.352 e. The summed E-state index contributed by atoms with van der Waals surface area (Å²) in [5, 5.41) is 5.58. The third kappa shape index (κ3) is 4.36. The number of primary amides is 1. The van der Waals surface area contributed by atoms with E-state index in [1.807, 2.05) is 0 Å². The van der Waals surface area contributed by atoms with Crippen LogP contribution in [0.2, 0.25) is 0 Å². The maximum absolute atomic E-state index is 10.3. The van der Waals surface area contributed by atoms with Crippen LogP contribution >= 0.6 is 0 Å². The molecule has 0 saturated heterocycles. The lowest BCUT2D eigenvalue weighted by Gasteiger charge is -2.03. The smallest absolute Gasteiger partial charge is 0.312 e. The number of amides is 2. The molecule has 14 heavy (non-hydrogen) atoms. The quantitative estimate of drug-likeness (QED) is 0.538. The topological polar surface area (TPSA) is 92.9 Å². The highest BCUT2D eigenvalue weighted by Gasteiger charge is 1.92. The number of rotatable bonds is 5. The van der Waals surface area contributed by atoms with Crippen molar-refractivity contribution in [2.24, 2.45) is 5.73 Å². The van der Waals surface area contributed by atoms with Crippen LogP contribution in [0.3, 0.4) is 0 Å². The molecule has 1 aromatic heterocycles. The van der Waals surface area contributed by atoms with Crippen molar-refractivity contribution in [3.63, 3.8) is 0 Å². The number of nitrogens with zero attached hydrogens (tertiary/aromatic N) is 2. The van der Waals surface area contributed by atoms with Crippen molar-refractivity contribution in [3.05, 3.63) is 24.3 Å². The molecular weight excluding hydrogens is 182 g/mol. The van der Waals surface area contributed by atoms with Crippen molar-refractivity contribution in [2.45, 2.75) is 6.54 Å². The van der Waals surface area contributed by atoms with Gasteiger partial charge >= 0.3 is 6.03 Å². The zero-order valence-corrected chi connectivity index (χ0v) is 7.73. The molecule has 0 aliphatic heterocycles. The van der Waals surface area contributed by atoms with E-state index in [0.29, 0.717) is 19.6 Å².